The van der Waals surface area contributed by atoms with Crippen LogP contribution in [0.3, 0.4) is 0 Å². The number of hydrogen-bond donors (Lipinski definition) is 0. The van der Waals surface area contributed by atoms with Crippen LogP contribution < -0.4 is 4.74 Å². The number of benzene rings is 1. The molecule has 0 aliphatic carbocycles. The maximum atomic E-state index is 5.28. The zero-order chi connectivity index (χ0) is 14.5. The summed E-state index contributed by atoms with van der Waals surface area (Å²) < 4.78 is 7.54. The molecule has 0 unspecified atom stereocenters. The highest BCUT2D eigenvalue weighted by atomic mass is 16.5. The summed E-state index contributed by atoms with van der Waals surface area (Å²) in [5, 5.41) is 1.23. The molecule has 0 spiro atoms. The molecule has 0 atom stereocenters. The molecule has 1 heterocycles. The molecule has 106 valence electrons. The van der Waals surface area contributed by atoms with E-state index in [0.29, 0.717) is 0 Å². The van der Waals surface area contributed by atoms with E-state index in [2.05, 4.69) is 53.6 Å². The van der Waals surface area contributed by atoms with Crippen LogP contribution in [0.5, 0.6) is 5.75 Å². The molecule has 1 aromatic carbocycles. The SMILES string of the molecule is CC#CCN(C)CCc1cc2cc(OC)ccc2n1C. The minimum Gasteiger partial charge on any atom is -0.497 e. The Balaban J connectivity index is 2.13. The fourth-order valence-electron chi connectivity index (χ4n) is 2.35. The van der Waals surface area contributed by atoms with E-state index in [-0.39, 0.29) is 0 Å². The molecule has 0 saturated carbocycles. The smallest absolute Gasteiger partial charge is 0.119 e. The lowest BCUT2D eigenvalue weighted by Gasteiger charge is -2.13. The number of ether oxygens (including phenoxy) is 1. The van der Waals surface area contributed by atoms with Gasteiger partial charge in [0.15, 0.2) is 0 Å². The molecule has 2 aromatic rings. The van der Waals surface area contributed by atoms with Crippen LogP contribution in [-0.2, 0) is 13.5 Å². The Morgan fingerprint density at radius 2 is 2.10 bits per heavy atom. The molecule has 0 fully saturated rings. The summed E-state index contributed by atoms with van der Waals surface area (Å²) in [7, 11) is 5.93. The van der Waals surface area contributed by atoms with Gasteiger partial charge in [-0.2, -0.15) is 0 Å². The number of fused-ring (bicyclic) bond motifs is 1. The first kappa shape index (κ1) is 14.5. The van der Waals surface area contributed by atoms with Crippen LogP contribution in [0.1, 0.15) is 12.6 Å². The predicted octanol–water partition coefficient (Wildman–Crippen LogP) is 2.68. The van der Waals surface area contributed by atoms with Crippen LogP contribution in [0.4, 0.5) is 0 Å². The van der Waals surface area contributed by atoms with Gasteiger partial charge in [0.2, 0.25) is 0 Å². The maximum Gasteiger partial charge on any atom is 0.119 e. The number of nitrogens with zero attached hydrogens (tertiary/aromatic N) is 2. The highest BCUT2D eigenvalue weighted by Gasteiger charge is 2.07. The topological polar surface area (TPSA) is 17.4 Å². The third kappa shape index (κ3) is 3.15. The minimum absolute atomic E-state index is 0.828. The molecule has 0 N–H and O–H groups in total. The standard InChI is InChI=1S/C17H22N2O/c1-5-6-10-18(2)11-9-15-12-14-13-16(20-4)7-8-17(14)19(15)3/h7-8,12-13H,9-11H2,1-4H3. The number of aromatic nitrogens is 1. The average Bonchev–Trinajstić information content (AvgIpc) is 2.78. The maximum absolute atomic E-state index is 5.28. The minimum atomic E-state index is 0.828. The van der Waals surface area contributed by atoms with Gasteiger partial charge in [-0.25, -0.2) is 0 Å². The molecule has 0 radical (unpaired) electrons. The molecule has 2 rings (SSSR count). The largest absolute Gasteiger partial charge is 0.497 e. The first-order chi connectivity index (χ1) is 9.65. The molecule has 0 amide bonds. The van der Waals surface area contributed by atoms with Crippen molar-refractivity contribution in [3.63, 3.8) is 0 Å². The van der Waals surface area contributed by atoms with E-state index in [4.69, 9.17) is 4.74 Å². The van der Waals surface area contributed by atoms with Crippen molar-refractivity contribution in [1.82, 2.24) is 9.47 Å². The first-order valence-corrected chi connectivity index (χ1v) is 6.86. The van der Waals surface area contributed by atoms with Gasteiger partial charge in [-0.15, -0.1) is 5.92 Å². The molecule has 0 bridgehead atoms. The Labute approximate surface area is 121 Å². The Morgan fingerprint density at radius 3 is 2.80 bits per heavy atom. The summed E-state index contributed by atoms with van der Waals surface area (Å²) in [6.07, 6.45) is 1.02. The van der Waals surface area contributed by atoms with Crippen molar-refractivity contribution in [3.05, 3.63) is 30.0 Å². The van der Waals surface area contributed by atoms with E-state index >= 15 is 0 Å². The van der Waals surface area contributed by atoms with Crippen LogP contribution in [0.15, 0.2) is 24.3 Å². The van der Waals surface area contributed by atoms with Gasteiger partial charge in [0.25, 0.3) is 0 Å². The highest BCUT2D eigenvalue weighted by molar-refractivity contribution is 5.82. The number of aryl methyl sites for hydroxylation is 1. The van der Waals surface area contributed by atoms with Crippen LogP contribution in [0.2, 0.25) is 0 Å². The van der Waals surface area contributed by atoms with Crippen LogP contribution in [-0.4, -0.2) is 36.7 Å². The normalized spacial score (nSPS) is 10.7. The summed E-state index contributed by atoms with van der Waals surface area (Å²) in [6.45, 7) is 3.72. The Hall–Kier alpha value is -1.92. The quantitative estimate of drug-likeness (QED) is 0.777. The summed E-state index contributed by atoms with van der Waals surface area (Å²) in [5.74, 6) is 6.93. The van der Waals surface area contributed by atoms with Gasteiger partial charge in [0.05, 0.1) is 13.7 Å². The molecule has 1 aromatic heterocycles. The fraction of sp³-hybridized carbons (Fsp3) is 0.412. The summed E-state index contributed by atoms with van der Waals surface area (Å²) in [5.41, 5.74) is 2.58. The van der Waals surface area contributed by atoms with E-state index in [9.17, 15) is 0 Å². The van der Waals surface area contributed by atoms with Gasteiger partial charge in [-0.1, -0.05) is 5.92 Å². The Bertz CT molecular complexity index is 646. The third-order valence-corrected chi connectivity index (χ3v) is 3.62. The number of likely N-dealkylation sites (N-methyl/N-ethyl adjacent to an activating group) is 1. The lowest BCUT2D eigenvalue weighted by Crippen LogP contribution is -2.22. The predicted molar refractivity (Wildman–Crippen MR) is 84.1 cm³/mol. The lowest BCUT2D eigenvalue weighted by atomic mass is 10.2. The van der Waals surface area contributed by atoms with Crippen molar-refractivity contribution in [2.75, 3.05) is 27.2 Å². The van der Waals surface area contributed by atoms with Crippen LogP contribution in [0.25, 0.3) is 10.9 Å². The Kier molecular flexibility index (Phi) is 4.70. The van der Waals surface area contributed by atoms with Crippen molar-refractivity contribution in [2.45, 2.75) is 13.3 Å². The van der Waals surface area contributed by atoms with Crippen molar-refractivity contribution in [2.24, 2.45) is 7.05 Å². The molecule has 3 heteroatoms. The van der Waals surface area contributed by atoms with Crippen molar-refractivity contribution in [1.29, 1.82) is 0 Å². The van der Waals surface area contributed by atoms with E-state index in [1.165, 1.54) is 16.6 Å². The number of methoxy groups -OCH3 is 1. The Morgan fingerprint density at radius 1 is 1.30 bits per heavy atom. The van der Waals surface area contributed by atoms with Gasteiger partial charge in [-0.05, 0) is 38.2 Å². The van der Waals surface area contributed by atoms with Gasteiger partial charge in [0, 0.05) is 36.6 Å². The highest BCUT2D eigenvalue weighted by Crippen LogP contribution is 2.24. The van der Waals surface area contributed by atoms with Crippen LogP contribution >= 0.6 is 0 Å². The van der Waals surface area contributed by atoms with Crippen molar-refractivity contribution < 1.29 is 4.74 Å². The molecule has 0 aliphatic heterocycles. The van der Waals surface area contributed by atoms with Crippen molar-refractivity contribution in [3.8, 4) is 17.6 Å². The fourth-order valence-corrected chi connectivity index (χ4v) is 2.35. The van der Waals surface area contributed by atoms with Gasteiger partial charge in [0.1, 0.15) is 5.75 Å². The van der Waals surface area contributed by atoms with E-state index in [0.717, 1.165) is 25.3 Å². The zero-order valence-electron chi connectivity index (χ0n) is 12.7. The van der Waals surface area contributed by atoms with Gasteiger partial charge >= 0.3 is 0 Å². The first-order valence-electron chi connectivity index (χ1n) is 6.86. The summed E-state index contributed by atoms with van der Waals surface area (Å²) in [4.78, 5) is 2.24. The second-order valence-electron chi connectivity index (χ2n) is 5.03. The summed E-state index contributed by atoms with van der Waals surface area (Å²) >= 11 is 0. The molecule has 0 aliphatic rings. The van der Waals surface area contributed by atoms with E-state index in [1.807, 2.05) is 13.0 Å². The lowest BCUT2D eigenvalue weighted by molar-refractivity contribution is 0.378. The molecule has 20 heavy (non-hydrogen) atoms. The number of rotatable bonds is 5. The molecule has 3 nitrogen and oxygen atoms in total. The van der Waals surface area contributed by atoms with E-state index < -0.39 is 0 Å². The zero-order valence-corrected chi connectivity index (χ0v) is 12.7. The monoisotopic (exact) mass is 270 g/mol. The number of hydrogen-bond acceptors (Lipinski definition) is 2. The average molecular weight is 270 g/mol. The van der Waals surface area contributed by atoms with Crippen molar-refractivity contribution >= 4 is 10.9 Å². The molecule has 0 saturated heterocycles. The third-order valence-electron chi connectivity index (χ3n) is 3.62. The molecular weight excluding hydrogens is 248 g/mol. The van der Waals surface area contributed by atoms with Gasteiger partial charge in [-0.3, -0.25) is 4.90 Å². The summed E-state index contributed by atoms with van der Waals surface area (Å²) in [6, 6.07) is 8.46. The van der Waals surface area contributed by atoms with Gasteiger partial charge < -0.3 is 9.30 Å². The van der Waals surface area contributed by atoms with E-state index in [1.54, 1.807) is 7.11 Å². The molecular formula is C17H22N2O. The second-order valence-corrected chi connectivity index (χ2v) is 5.03. The van der Waals surface area contributed by atoms with Crippen LogP contribution in [0, 0.1) is 11.8 Å². The second kappa shape index (κ2) is 6.49.